The molecule has 3 nitrogen and oxygen atoms in total. The maximum absolute atomic E-state index is 12.8. The zero-order valence-electron chi connectivity index (χ0n) is 15.9. The van der Waals surface area contributed by atoms with Crippen LogP contribution in [0.25, 0.3) is 0 Å². The Hall–Kier alpha value is -2.29. The van der Waals surface area contributed by atoms with Crippen LogP contribution in [0, 0.1) is 11.8 Å². The number of rotatable bonds is 8. The van der Waals surface area contributed by atoms with Crippen molar-refractivity contribution < 1.29 is 9.53 Å². The molecule has 0 saturated heterocycles. The van der Waals surface area contributed by atoms with Gasteiger partial charge >= 0.3 is 0 Å². The fourth-order valence-corrected chi connectivity index (χ4v) is 3.28. The van der Waals surface area contributed by atoms with Gasteiger partial charge in [-0.1, -0.05) is 62.7 Å². The van der Waals surface area contributed by atoms with Crippen molar-refractivity contribution in [3.8, 4) is 5.75 Å². The van der Waals surface area contributed by atoms with Crippen LogP contribution in [0.2, 0.25) is 0 Å². The topological polar surface area (TPSA) is 29.5 Å². The summed E-state index contributed by atoms with van der Waals surface area (Å²) in [6.45, 7) is 6.36. The summed E-state index contributed by atoms with van der Waals surface area (Å²) in [5.41, 5.74) is 2.28. The lowest BCUT2D eigenvalue weighted by atomic mass is 9.84. The van der Waals surface area contributed by atoms with Crippen LogP contribution in [0.15, 0.2) is 54.6 Å². The molecule has 1 aliphatic carbocycles. The average molecular weight is 351 g/mol. The van der Waals surface area contributed by atoms with Crippen molar-refractivity contribution in [1.29, 1.82) is 0 Å². The van der Waals surface area contributed by atoms with Gasteiger partial charge < -0.3 is 9.64 Å². The highest BCUT2D eigenvalue weighted by Crippen LogP contribution is 2.29. The van der Waals surface area contributed by atoms with E-state index in [0.29, 0.717) is 25.0 Å². The first-order chi connectivity index (χ1) is 12.6. The third-order valence-electron chi connectivity index (χ3n) is 4.87. The monoisotopic (exact) mass is 351 g/mol. The Labute approximate surface area is 157 Å². The van der Waals surface area contributed by atoms with Gasteiger partial charge in [0.1, 0.15) is 12.4 Å². The molecular formula is C23H29NO2. The summed E-state index contributed by atoms with van der Waals surface area (Å²) in [7, 11) is 0. The van der Waals surface area contributed by atoms with Crippen molar-refractivity contribution in [1.82, 2.24) is 4.90 Å². The second-order valence-electron chi connectivity index (χ2n) is 7.66. The van der Waals surface area contributed by atoms with Crippen LogP contribution in [0.3, 0.4) is 0 Å². The first-order valence-electron chi connectivity index (χ1n) is 9.66. The minimum absolute atomic E-state index is 0.242. The fourth-order valence-electron chi connectivity index (χ4n) is 3.28. The molecular weight excluding hydrogens is 322 g/mol. The lowest BCUT2D eigenvalue weighted by Gasteiger charge is -2.33. The number of benzene rings is 2. The van der Waals surface area contributed by atoms with E-state index in [1.165, 1.54) is 6.42 Å². The minimum atomic E-state index is 0.242. The quantitative estimate of drug-likeness (QED) is 0.666. The zero-order valence-corrected chi connectivity index (χ0v) is 15.9. The van der Waals surface area contributed by atoms with Crippen molar-refractivity contribution in [3.63, 3.8) is 0 Å². The lowest BCUT2D eigenvalue weighted by Crippen LogP contribution is -2.40. The van der Waals surface area contributed by atoms with Crippen molar-refractivity contribution in [3.05, 3.63) is 65.7 Å². The molecule has 1 aliphatic rings. The third kappa shape index (κ3) is 5.10. The fraction of sp³-hybridized carbons (Fsp3) is 0.435. The van der Waals surface area contributed by atoms with E-state index in [9.17, 15) is 4.79 Å². The van der Waals surface area contributed by atoms with Gasteiger partial charge in [-0.3, -0.25) is 4.79 Å². The van der Waals surface area contributed by atoms with E-state index in [0.717, 1.165) is 36.3 Å². The Kier molecular flexibility index (Phi) is 6.32. The maximum atomic E-state index is 12.8. The van der Waals surface area contributed by atoms with Crippen LogP contribution < -0.4 is 4.74 Å². The van der Waals surface area contributed by atoms with E-state index >= 15 is 0 Å². The largest absolute Gasteiger partial charge is 0.489 e. The van der Waals surface area contributed by atoms with Crippen LogP contribution in [-0.4, -0.2) is 17.4 Å². The summed E-state index contributed by atoms with van der Waals surface area (Å²) in [6, 6.07) is 18.3. The summed E-state index contributed by atoms with van der Waals surface area (Å²) >= 11 is 0. The molecule has 1 amide bonds. The summed E-state index contributed by atoms with van der Waals surface area (Å²) < 4.78 is 5.93. The molecule has 3 rings (SSSR count). The summed E-state index contributed by atoms with van der Waals surface area (Å²) in [5, 5.41) is 0. The van der Waals surface area contributed by atoms with Gasteiger partial charge in [0, 0.05) is 19.0 Å². The molecule has 0 aromatic heterocycles. The normalized spacial score (nSPS) is 14.1. The van der Waals surface area contributed by atoms with E-state index in [-0.39, 0.29) is 5.92 Å². The molecule has 1 fully saturated rings. The number of hydrogen-bond acceptors (Lipinski definition) is 2. The van der Waals surface area contributed by atoms with E-state index in [2.05, 4.69) is 38.1 Å². The van der Waals surface area contributed by atoms with Crippen molar-refractivity contribution in [2.75, 3.05) is 6.54 Å². The summed E-state index contributed by atoms with van der Waals surface area (Å²) in [5.74, 6) is 1.88. The Morgan fingerprint density at radius 2 is 1.81 bits per heavy atom. The number of hydrogen-bond donors (Lipinski definition) is 0. The maximum Gasteiger partial charge on any atom is 0.225 e. The molecule has 0 N–H and O–H groups in total. The van der Waals surface area contributed by atoms with Gasteiger partial charge in [-0.25, -0.2) is 0 Å². The molecule has 2 aromatic rings. The molecule has 0 unspecified atom stereocenters. The van der Waals surface area contributed by atoms with Gasteiger partial charge in [0.2, 0.25) is 5.91 Å². The first kappa shape index (κ1) is 18.5. The van der Waals surface area contributed by atoms with Crippen LogP contribution in [-0.2, 0) is 17.9 Å². The van der Waals surface area contributed by atoms with E-state index in [4.69, 9.17) is 4.74 Å². The van der Waals surface area contributed by atoms with Gasteiger partial charge in [0.25, 0.3) is 0 Å². The molecule has 138 valence electrons. The molecule has 0 atom stereocenters. The molecule has 2 aromatic carbocycles. The number of ether oxygens (including phenoxy) is 1. The highest BCUT2D eigenvalue weighted by molar-refractivity contribution is 5.79. The second-order valence-corrected chi connectivity index (χ2v) is 7.66. The van der Waals surface area contributed by atoms with Crippen LogP contribution in [0.1, 0.15) is 44.2 Å². The highest BCUT2D eigenvalue weighted by Gasteiger charge is 2.29. The molecule has 0 heterocycles. The van der Waals surface area contributed by atoms with E-state index < -0.39 is 0 Å². The Balaban J connectivity index is 1.64. The summed E-state index contributed by atoms with van der Waals surface area (Å²) in [4.78, 5) is 14.8. The Morgan fingerprint density at radius 1 is 1.08 bits per heavy atom. The van der Waals surface area contributed by atoms with Crippen LogP contribution in [0.4, 0.5) is 0 Å². The molecule has 0 spiro atoms. The van der Waals surface area contributed by atoms with Gasteiger partial charge in [0.15, 0.2) is 0 Å². The van der Waals surface area contributed by atoms with Gasteiger partial charge in [0.05, 0.1) is 0 Å². The van der Waals surface area contributed by atoms with Gasteiger partial charge in [-0.05, 0) is 42.0 Å². The van der Waals surface area contributed by atoms with E-state index in [1.807, 2.05) is 35.2 Å². The van der Waals surface area contributed by atoms with Crippen LogP contribution in [0.5, 0.6) is 5.75 Å². The molecule has 0 aliphatic heterocycles. The molecule has 3 heteroatoms. The predicted octanol–water partition coefficient (Wildman–Crippen LogP) is 5.05. The lowest BCUT2D eigenvalue weighted by molar-refractivity contribution is -0.139. The number of amides is 1. The zero-order chi connectivity index (χ0) is 18.4. The molecule has 1 saturated carbocycles. The van der Waals surface area contributed by atoms with Crippen molar-refractivity contribution >= 4 is 5.91 Å². The molecule has 26 heavy (non-hydrogen) atoms. The van der Waals surface area contributed by atoms with Crippen LogP contribution >= 0.6 is 0 Å². The standard InChI is InChI=1S/C23H29NO2/c1-18(2)15-24(23(25)21-11-7-12-21)16-20-10-6-13-22(14-20)26-17-19-8-4-3-5-9-19/h3-6,8-10,13-14,18,21H,7,11-12,15-17H2,1-2H3. The van der Waals surface area contributed by atoms with Crippen molar-refractivity contribution in [2.24, 2.45) is 11.8 Å². The SMILES string of the molecule is CC(C)CN(Cc1cccc(OCc2ccccc2)c1)C(=O)C1CCC1. The minimum Gasteiger partial charge on any atom is -0.489 e. The average Bonchev–Trinajstić information content (AvgIpc) is 2.59. The summed E-state index contributed by atoms with van der Waals surface area (Å²) in [6.07, 6.45) is 3.29. The smallest absolute Gasteiger partial charge is 0.225 e. The first-order valence-corrected chi connectivity index (χ1v) is 9.66. The Morgan fingerprint density at radius 3 is 2.46 bits per heavy atom. The highest BCUT2D eigenvalue weighted by atomic mass is 16.5. The second kappa shape index (κ2) is 8.88. The molecule has 0 bridgehead atoms. The molecule has 0 radical (unpaired) electrons. The van der Waals surface area contributed by atoms with E-state index in [1.54, 1.807) is 0 Å². The number of carbonyl (C=O) groups excluding carboxylic acids is 1. The van der Waals surface area contributed by atoms with Gasteiger partial charge in [-0.15, -0.1) is 0 Å². The number of carbonyl (C=O) groups is 1. The number of nitrogens with zero attached hydrogens (tertiary/aromatic N) is 1. The predicted molar refractivity (Wildman–Crippen MR) is 105 cm³/mol. The van der Waals surface area contributed by atoms with Gasteiger partial charge in [-0.2, -0.15) is 0 Å². The van der Waals surface area contributed by atoms with Crippen molar-refractivity contribution in [2.45, 2.75) is 46.3 Å². The third-order valence-corrected chi connectivity index (χ3v) is 4.87. The Bertz CT molecular complexity index is 707.